The molecule has 1 aromatic heterocycles. The van der Waals surface area contributed by atoms with E-state index < -0.39 is 7.26 Å². The number of unbranched alkanes of at least 4 members (excludes halogenated alkanes) is 3. The number of hydrogen-bond acceptors (Lipinski definition) is 3. The molecule has 0 unspecified atom stereocenters. The molecule has 3 aliphatic rings. The van der Waals surface area contributed by atoms with E-state index in [1.54, 1.807) is 50.8 Å². The Hall–Kier alpha value is -1.61. The van der Waals surface area contributed by atoms with Crippen LogP contribution in [0.5, 0.6) is 0 Å². The van der Waals surface area contributed by atoms with Crippen molar-refractivity contribution >= 4 is 23.7 Å². The lowest BCUT2D eigenvalue weighted by atomic mass is 9.99. The van der Waals surface area contributed by atoms with Crippen LogP contribution in [-0.2, 0) is 0 Å². The molecule has 3 fully saturated rings. The topological polar surface area (TPSA) is 77.8 Å². The monoisotopic (exact) mass is 540 g/mol. The van der Waals surface area contributed by atoms with Gasteiger partial charge >= 0.3 is 0 Å². The Morgan fingerprint density at radius 1 is 0.658 bits per heavy atom. The van der Waals surface area contributed by atoms with Gasteiger partial charge in [-0.3, -0.25) is 19.8 Å². The van der Waals surface area contributed by atoms with Crippen molar-refractivity contribution in [1.29, 1.82) is 0 Å². The average Bonchev–Trinajstić information content (AvgIpc) is 2.98. The summed E-state index contributed by atoms with van der Waals surface area (Å²) in [5, 5.41) is 9.26. The second-order valence-corrected chi connectivity index (χ2v) is 17.2. The van der Waals surface area contributed by atoms with Gasteiger partial charge in [0.05, 0.1) is 33.9 Å². The molecule has 1 heterocycles. The minimum Gasteiger partial charge on any atom is -0.384 e. The molecule has 38 heavy (non-hydrogen) atoms. The lowest BCUT2D eigenvalue weighted by Gasteiger charge is -2.49. The van der Waals surface area contributed by atoms with Gasteiger partial charge in [0.15, 0.2) is 0 Å². The average molecular weight is 541 g/mol. The predicted octanol–water partition coefficient (Wildman–Crippen LogP) is 8.20. The second-order valence-electron chi connectivity index (χ2n) is 12.6. The van der Waals surface area contributed by atoms with Crippen LogP contribution in [0.3, 0.4) is 0 Å². The highest BCUT2D eigenvalue weighted by Gasteiger charge is 2.56. The normalized spacial score (nSPS) is 20.6. The smallest absolute Gasteiger partial charge is 0.272 e. The summed E-state index contributed by atoms with van der Waals surface area (Å²) in [5.74, 6) is 0. The van der Waals surface area contributed by atoms with Crippen LogP contribution in [-0.4, -0.2) is 39.9 Å². The van der Waals surface area contributed by atoms with Crippen LogP contribution < -0.4 is 16.4 Å². The third kappa shape index (κ3) is 6.24. The Balaban J connectivity index is 1.19. The fourth-order valence-corrected chi connectivity index (χ4v) is 16.2. The first-order valence-corrected chi connectivity index (χ1v) is 18.2. The van der Waals surface area contributed by atoms with Crippen molar-refractivity contribution < 1.29 is 0 Å². The molecule has 210 valence electrons. The van der Waals surface area contributed by atoms with Crippen molar-refractivity contribution in [1.82, 2.24) is 10.2 Å². The summed E-state index contributed by atoms with van der Waals surface area (Å²) in [4.78, 5) is 24.5. The molecule has 3 saturated carbocycles. The Morgan fingerprint density at radius 2 is 1.18 bits per heavy atom. The van der Waals surface area contributed by atoms with E-state index in [0.29, 0.717) is 10.8 Å². The maximum absolute atomic E-state index is 12.3. The van der Waals surface area contributed by atoms with E-state index in [9.17, 15) is 9.59 Å². The molecule has 0 saturated heterocycles. The minimum absolute atomic E-state index is 0.240. The molecule has 0 radical (unpaired) electrons. The number of hydrogen-bond donors (Lipinski definition) is 3. The van der Waals surface area contributed by atoms with Gasteiger partial charge in [0.25, 0.3) is 11.1 Å². The Morgan fingerprint density at radius 3 is 1.76 bits per heavy atom. The van der Waals surface area contributed by atoms with Crippen LogP contribution in [0.2, 0.25) is 0 Å². The number of rotatable bonds is 11. The highest BCUT2D eigenvalue weighted by Crippen LogP contribution is 2.77. The van der Waals surface area contributed by atoms with E-state index in [1.807, 2.05) is 12.1 Å². The number of fused-ring (bicyclic) bond motifs is 1. The molecule has 0 aliphatic heterocycles. The van der Waals surface area contributed by atoms with Crippen LogP contribution >= 0.6 is 7.26 Å². The Bertz CT molecular complexity index is 1080. The number of aromatic amines is 2. The van der Waals surface area contributed by atoms with Crippen LogP contribution in [0.1, 0.15) is 122 Å². The van der Waals surface area contributed by atoms with Crippen LogP contribution in [0, 0.1) is 0 Å². The standard InChI is InChI=1S/C32H50N3O2P/c36-31-28-21-14-22-29(30(28)32(37)35-34-31)33-23-12-1-2-13-24-38(25-15-6-3-7-16-25,26-17-8-4-9-18-26)27-19-10-5-11-20-27/h14,21-22,25-27H,1-13,15-20,23-24H2,(H2-,33,34,35,36,37)/p+1. The largest absolute Gasteiger partial charge is 0.384 e. The molecule has 5 nitrogen and oxygen atoms in total. The summed E-state index contributed by atoms with van der Waals surface area (Å²) in [7, 11) is -0.950. The number of benzene rings is 1. The Labute approximate surface area is 229 Å². The van der Waals surface area contributed by atoms with E-state index in [0.717, 1.165) is 35.6 Å². The van der Waals surface area contributed by atoms with Gasteiger partial charge in [0.1, 0.15) is 0 Å². The van der Waals surface area contributed by atoms with Gasteiger partial charge in [-0.2, -0.15) is 0 Å². The van der Waals surface area contributed by atoms with Gasteiger partial charge in [-0.15, -0.1) is 0 Å². The van der Waals surface area contributed by atoms with E-state index in [4.69, 9.17) is 0 Å². The zero-order valence-electron chi connectivity index (χ0n) is 23.6. The fourth-order valence-electron chi connectivity index (χ4n) is 8.59. The number of H-pyrrole nitrogens is 2. The fraction of sp³-hybridized carbons (Fsp3) is 0.750. The van der Waals surface area contributed by atoms with E-state index in [2.05, 4.69) is 15.5 Å². The molecule has 0 amide bonds. The molecule has 2 aromatic rings. The third-order valence-electron chi connectivity index (χ3n) is 10.4. The first kappa shape index (κ1) is 27.9. The number of aromatic nitrogens is 2. The third-order valence-corrected chi connectivity index (χ3v) is 17.1. The summed E-state index contributed by atoms with van der Waals surface area (Å²) in [6, 6.07) is 5.48. The van der Waals surface area contributed by atoms with Gasteiger partial charge in [-0.05, 0) is 108 Å². The van der Waals surface area contributed by atoms with Crippen molar-refractivity contribution in [2.24, 2.45) is 0 Å². The first-order chi connectivity index (χ1) is 18.7. The van der Waals surface area contributed by atoms with Crippen molar-refractivity contribution in [2.45, 2.75) is 139 Å². The zero-order chi connectivity index (χ0) is 26.2. The van der Waals surface area contributed by atoms with Gasteiger partial charge < -0.3 is 5.32 Å². The molecule has 0 atom stereocenters. The number of nitrogens with one attached hydrogen (secondary N) is 3. The lowest BCUT2D eigenvalue weighted by molar-refractivity contribution is 0.449. The van der Waals surface area contributed by atoms with Gasteiger partial charge in [0, 0.05) is 19.5 Å². The summed E-state index contributed by atoms with van der Waals surface area (Å²) >= 11 is 0. The SMILES string of the molecule is O=c1[nH][nH]c(=O)c2c(NCCCCCC[P+](C3CCCCC3)(C3CCCCC3)C3CCCCC3)cccc12. The molecule has 3 N–H and O–H groups in total. The summed E-state index contributed by atoms with van der Waals surface area (Å²) in [5.41, 5.74) is 3.57. The van der Waals surface area contributed by atoms with Gasteiger partial charge in [-0.25, -0.2) is 0 Å². The molecule has 0 spiro atoms. The van der Waals surface area contributed by atoms with Crippen LogP contribution in [0.4, 0.5) is 5.69 Å². The predicted molar refractivity (Wildman–Crippen MR) is 165 cm³/mol. The van der Waals surface area contributed by atoms with Gasteiger partial charge in [-0.1, -0.05) is 31.7 Å². The van der Waals surface area contributed by atoms with Gasteiger partial charge in [0.2, 0.25) is 0 Å². The lowest BCUT2D eigenvalue weighted by Crippen LogP contribution is -2.37. The highest BCUT2D eigenvalue weighted by atomic mass is 31.2. The molecule has 6 heteroatoms. The van der Waals surface area contributed by atoms with Crippen molar-refractivity contribution in [2.75, 3.05) is 18.0 Å². The van der Waals surface area contributed by atoms with E-state index in [1.165, 1.54) is 77.0 Å². The molecular formula is C32H51N3O2P+. The molecule has 1 aromatic carbocycles. The zero-order valence-corrected chi connectivity index (χ0v) is 24.5. The van der Waals surface area contributed by atoms with Crippen molar-refractivity contribution in [3.8, 4) is 0 Å². The highest BCUT2D eigenvalue weighted by molar-refractivity contribution is 7.77. The minimum atomic E-state index is -0.950. The summed E-state index contributed by atoms with van der Waals surface area (Å²) < 4.78 is 0. The van der Waals surface area contributed by atoms with Crippen molar-refractivity contribution in [3.05, 3.63) is 38.9 Å². The summed E-state index contributed by atoms with van der Waals surface area (Å²) in [6.07, 6.45) is 29.5. The summed E-state index contributed by atoms with van der Waals surface area (Å²) in [6.45, 7) is 0.847. The van der Waals surface area contributed by atoms with E-state index in [-0.39, 0.29) is 11.1 Å². The Kier molecular flexibility index (Phi) is 10.0. The number of anilines is 1. The maximum Gasteiger partial charge on any atom is 0.272 e. The van der Waals surface area contributed by atoms with Crippen molar-refractivity contribution in [3.63, 3.8) is 0 Å². The molecule has 3 aliphatic carbocycles. The molecular weight excluding hydrogens is 489 g/mol. The molecule has 0 bridgehead atoms. The van der Waals surface area contributed by atoms with Crippen LogP contribution in [0.15, 0.2) is 27.8 Å². The quantitative estimate of drug-likeness (QED) is 0.199. The first-order valence-electron chi connectivity index (χ1n) is 16.0. The van der Waals surface area contributed by atoms with E-state index >= 15 is 0 Å². The second kappa shape index (κ2) is 13.6. The van der Waals surface area contributed by atoms with Crippen LogP contribution in [0.25, 0.3) is 10.8 Å². The molecule has 5 rings (SSSR count). The maximum atomic E-state index is 12.3.